The topological polar surface area (TPSA) is 99.7 Å². The number of anilines is 1. The molecule has 0 radical (unpaired) electrons. The van der Waals surface area contributed by atoms with E-state index in [1.165, 1.54) is 19.3 Å². The lowest BCUT2D eigenvalue weighted by molar-refractivity contribution is -0.123. The number of carbonyl (C=O) groups excluding carboxylic acids is 2. The number of hydrogen-bond donors (Lipinski definition) is 4. The molecule has 1 atom stereocenters. The summed E-state index contributed by atoms with van der Waals surface area (Å²) in [5.74, 6) is 0.540. The molecule has 2 rings (SSSR count). The summed E-state index contributed by atoms with van der Waals surface area (Å²) in [6.45, 7) is 2.07. The van der Waals surface area contributed by atoms with Crippen LogP contribution in [0.4, 0.5) is 5.69 Å². The third-order valence-corrected chi connectivity index (χ3v) is 5.26. The maximum Gasteiger partial charge on any atom is 0.243 e. The highest BCUT2D eigenvalue weighted by atomic mass is 16.5. The lowest BCUT2D eigenvalue weighted by Gasteiger charge is -2.30. The third-order valence-electron chi connectivity index (χ3n) is 5.26. The second-order valence-electron chi connectivity index (χ2n) is 7.43. The van der Waals surface area contributed by atoms with E-state index in [0.29, 0.717) is 23.8 Å². The van der Waals surface area contributed by atoms with Gasteiger partial charge in [-0.15, -0.1) is 0 Å². The van der Waals surface area contributed by atoms with Crippen molar-refractivity contribution in [3.8, 4) is 5.75 Å². The number of ether oxygens (including phenoxy) is 1. The number of benzene rings is 1. The molecule has 0 heterocycles. The van der Waals surface area contributed by atoms with Crippen molar-refractivity contribution >= 4 is 17.5 Å². The van der Waals surface area contributed by atoms with Crippen LogP contribution in [0.25, 0.3) is 0 Å². The van der Waals surface area contributed by atoms with Gasteiger partial charge in [0.15, 0.2) is 0 Å². The molecule has 0 saturated heterocycles. The minimum atomic E-state index is -0.309. The molecule has 0 unspecified atom stereocenters. The van der Waals surface area contributed by atoms with Crippen LogP contribution in [0.15, 0.2) is 18.2 Å². The fourth-order valence-corrected chi connectivity index (χ4v) is 3.76. The molecule has 0 aliphatic heterocycles. The van der Waals surface area contributed by atoms with Crippen molar-refractivity contribution in [1.82, 2.24) is 10.6 Å². The largest absolute Gasteiger partial charge is 0.495 e. The molecule has 1 saturated carbocycles. The molecule has 4 N–H and O–H groups in total. The van der Waals surface area contributed by atoms with Crippen LogP contribution < -0.4 is 20.7 Å². The number of aliphatic hydroxyl groups excluding tert-OH is 1. The monoisotopic (exact) mass is 391 g/mol. The van der Waals surface area contributed by atoms with Crippen LogP contribution in [0.5, 0.6) is 5.75 Å². The third kappa shape index (κ3) is 7.13. The van der Waals surface area contributed by atoms with Gasteiger partial charge >= 0.3 is 0 Å². The van der Waals surface area contributed by atoms with Gasteiger partial charge in [-0.1, -0.05) is 25.3 Å². The predicted molar refractivity (Wildman–Crippen MR) is 109 cm³/mol. The zero-order valence-electron chi connectivity index (χ0n) is 16.9. The number of amides is 2. The fraction of sp³-hybridized carbons (Fsp3) is 0.619. The van der Waals surface area contributed by atoms with Gasteiger partial charge in [-0.3, -0.25) is 9.59 Å². The van der Waals surface area contributed by atoms with Gasteiger partial charge in [-0.2, -0.15) is 0 Å². The summed E-state index contributed by atoms with van der Waals surface area (Å²) < 4.78 is 5.24. The van der Waals surface area contributed by atoms with Crippen molar-refractivity contribution in [1.29, 1.82) is 0 Å². The summed E-state index contributed by atoms with van der Waals surface area (Å²) in [6, 6.07) is 5.65. The SMILES string of the molecule is COc1ccc(C)cc1NC(=O)CNC(=O)CN[C@H](CCO)C1CCCCC1. The van der Waals surface area contributed by atoms with E-state index in [1.54, 1.807) is 13.2 Å². The van der Waals surface area contributed by atoms with Crippen LogP contribution in [0.2, 0.25) is 0 Å². The Balaban J connectivity index is 1.76. The number of carbonyl (C=O) groups is 2. The van der Waals surface area contributed by atoms with E-state index >= 15 is 0 Å². The van der Waals surface area contributed by atoms with Crippen molar-refractivity contribution in [3.05, 3.63) is 23.8 Å². The van der Waals surface area contributed by atoms with E-state index in [1.807, 2.05) is 19.1 Å². The van der Waals surface area contributed by atoms with Crippen molar-refractivity contribution in [2.75, 3.05) is 32.1 Å². The average Bonchev–Trinajstić information content (AvgIpc) is 2.70. The predicted octanol–water partition coefficient (Wildman–Crippen LogP) is 1.98. The normalized spacial score (nSPS) is 15.7. The van der Waals surface area contributed by atoms with Gasteiger partial charge in [0.1, 0.15) is 5.75 Å². The van der Waals surface area contributed by atoms with E-state index < -0.39 is 0 Å². The molecule has 0 bridgehead atoms. The number of methoxy groups -OCH3 is 1. The lowest BCUT2D eigenvalue weighted by Crippen LogP contribution is -2.45. The van der Waals surface area contributed by atoms with Crippen molar-refractivity contribution in [2.24, 2.45) is 5.92 Å². The molecular weight excluding hydrogens is 358 g/mol. The van der Waals surface area contributed by atoms with Gasteiger partial charge in [0, 0.05) is 12.6 Å². The molecule has 1 aliphatic carbocycles. The molecule has 7 heteroatoms. The minimum absolute atomic E-state index is 0.105. The van der Waals surface area contributed by atoms with Crippen LogP contribution in [0.1, 0.15) is 44.1 Å². The molecule has 1 aromatic rings. The number of hydrogen-bond acceptors (Lipinski definition) is 5. The first kappa shape index (κ1) is 22.2. The van der Waals surface area contributed by atoms with E-state index in [4.69, 9.17) is 4.74 Å². The maximum absolute atomic E-state index is 12.1. The van der Waals surface area contributed by atoms with Crippen LogP contribution in [-0.2, 0) is 9.59 Å². The first-order valence-corrected chi connectivity index (χ1v) is 10.1. The first-order chi connectivity index (χ1) is 13.5. The smallest absolute Gasteiger partial charge is 0.243 e. The van der Waals surface area contributed by atoms with Gasteiger partial charge in [0.2, 0.25) is 11.8 Å². The Morgan fingerprint density at radius 3 is 2.61 bits per heavy atom. The summed E-state index contributed by atoms with van der Waals surface area (Å²) in [6.07, 6.45) is 6.61. The van der Waals surface area contributed by atoms with Crippen LogP contribution >= 0.6 is 0 Å². The summed E-state index contributed by atoms with van der Waals surface area (Å²) >= 11 is 0. The van der Waals surface area contributed by atoms with Gasteiger partial charge in [0.25, 0.3) is 0 Å². The molecule has 1 fully saturated rings. The highest BCUT2D eigenvalue weighted by Gasteiger charge is 2.23. The summed E-state index contributed by atoms with van der Waals surface area (Å²) in [5.41, 5.74) is 1.59. The van der Waals surface area contributed by atoms with E-state index in [-0.39, 0.29) is 37.6 Å². The number of aryl methyl sites for hydroxylation is 1. The number of aliphatic hydroxyl groups is 1. The van der Waals surface area contributed by atoms with Crippen molar-refractivity contribution in [2.45, 2.75) is 51.5 Å². The van der Waals surface area contributed by atoms with Gasteiger partial charge in [-0.05, 0) is 49.8 Å². The molecule has 7 nitrogen and oxygen atoms in total. The number of rotatable bonds is 10. The Kier molecular flexibility index (Phi) is 9.23. The molecule has 2 amide bonds. The molecule has 1 aliphatic rings. The Bertz CT molecular complexity index is 645. The second-order valence-corrected chi connectivity index (χ2v) is 7.43. The molecule has 1 aromatic carbocycles. The van der Waals surface area contributed by atoms with Gasteiger partial charge in [0.05, 0.1) is 25.9 Å². The standard InChI is InChI=1S/C21H33N3O4/c1-15-8-9-19(28-2)18(12-15)24-21(27)14-23-20(26)13-22-17(10-11-25)16-6-4-3-5-7-16/h8-9,12,16-17,22,25H,3-7,10-11,13-14H2,1-2H3,(H,23,26)(H,24,27)/t17-/m1/s1. The summed E-state index contributed by atoms with van der Waals surface area (Å²) in [4.78, 5) is 24.3. The Labute approximate surface area is 167 Å². The van der Waals surface area contributed by atoms with Gasteiger partial charge in [-0.25, -0.2) is 0 Å². The summed E-state index contributed by atoms with van der Waals surface area (Å²) in [7, 11) is 1.54. The van der Waals surface area contributed by atoms with Crippen molar-refractivity contribution in [3.63, 3.8) is 0 Å². The Morgan fingerprint density at radius 2 is 1.93 bits per heavy atom. The van der Waals surface area contributed by atoms with Crippen LogP contribution in [0.3, 0.4) is 0 Å². The van der Waals surface area contributed by atoms with Crippen LogP contribution in [-0.4, -0.2) is 49.8 Å². The van der Waals surface area contributed by atoms with Crippen molar-refractivity contribution < 1.29 is 19.4 Å². The molecule has 0 spiro atoms. The maximum atomic E-state index is 12.1. The molecule has 156 valence electrons. The second kappa shape index (κ2) is 11.7. The molecular formula is C21H33N3O4. The van der Waals surface area contributed by atoms with Gasteiger partial charge < -0.3 is 25.8 Å². The minimum Gasteiger partial charge on any atom is -0.495 e. The highest BCUT2D eigenvalue weighted by Crippen LogP contribution is 2.27. The zero-order valence-corrected chi connectivity index (χ0v) is 16.9. The molecule has 28 heavy (non-hydrogen) atoms. The highest BCUT2D eigenvalue weighted by molar-refractivity contribution is 5.96. The number of nitrogens with one attached hydrogen (secondary N) is 3. The quantitative estimate of drug-likeness (QED) is 0.489. The van der Waals surface area contributed by atoms with E-state index in [9.17, 15) is 14.7 Å². The lowest BCUT2D eigenvalue weighted by atomic mass is 9.83. The Morgan fingerprint density at radius 1 is 1.18 bits per heavy atom. The summed E-state index contributed by atoms with van der Waals surface area (Å²) in [5, 5.41) is 18.0. The molecule has 0 aromatic heterocycles. The first-order valence-electron chi connectivity index (χ1n) is 10.1. The van der Waals surface area contributed by atoms with Crippen LogP contribution in [0, 0.1) is 12.8 Å². The van der Waals surface area contributed by atoms with E-state index in [0.717, 1.165) is 18.4 Å². The van der Waals surface area contributed by atoms with E-state index in [2.05, 4.69) is 16.0 Å². The Hall–Kier alpha value is -2.12. The fourth-order valence-electron chi connectivity index (χ4n) is 3.76. The average molecular weight is 392 g/mol. The zero-order chi connectivity index (χ0) is 20.4.